The lowest BCUT2D eigenvalue weighted by molar-refractivity contribution is 0.204. The first-order valence-corrected chi connectivity index (χ1v) is 6.67. The van der Waals surface area contributed by atoms with Crippen molar-refractivity contribution in [2.75, 3.05) is 6.61 Å². The zero-order valence-corrected chi connectivity index (χ0v) is 12.4. The molecule has 0 saturated carbocycles. The summed E-state index contributed by atoms with van der Waals surface area (Å²) in [5.41, 5.74) is 0.442. The first-order valence-electron chi connectivity index (χ1n) is 6.67. The molecule has 0 spiro atoms. The van der Waals surface area contributed by atoms with Crippen molar-refractivity contribution in [3.63, 3.8) is 0 Å². The monoisotopic (exact) mass is 282 g/mol. The molecule has 1 aromatic rings. The maximum absolute atomic E-state index is 13.4. The minimum atomic E-state index is -0.379. The van der Waals surface area contributed by atoms with Crippen molar-refractivity contribution >= 4 is 6.03 Å². The number of carbonyl (C=O) groups is 1. The van der Waals surface area contributed by atoms with Crippen LogP contribution in [-0.4, -0.2) is 23.8 Å². The molecule has 112 valence electrons. The largest absolute Gasteiger partial charge is 0.394 e. The first-order chi connectivity index (χ1) is 9.24. The molecule has 0 bridgehead atoms. The van der Waals surface area contributed by atoms with E-state index in [9.17, 15) is 9.18 Å². The summed E-state index contributed by atoms with van der Waals surface area (Å²) in [5, 5.41) is 14.4. The zero-order valence-electron chi connectivity index (χ0n) is 12.4. The lowest BCUT2D eigenvalue weighted by atomic mass is 9.82. The molecular formula is C15H23FN2O2. The van der Waals surface area contributed by atoms with Gasteiger partial charge in [0.05, 0.1) is 18.7 Å². The summed E-state index contributed by atoms with van der Waals surface area (Å²) in [4.78, 5) is 11.9. The van der Waals surface area contributed by atoms with Crippen LogP contribution < -0.4 is 10.6 Å². The van der Waals surface area contributed by atoms with Crippen molar-refractivity contribution in [3.8, 4) is 0 Å². The maximum atomic E-state index is 13.4. The fourth-order valence-electron chi connectivity index (χ4n) is 1.93. The van der Waals surface area contributed by atoms with E-state index in [4.69, 9.17) is 5.11 Å². The van der Waals surface area contributed by atoms with Gasteiger partial charge in [-0.1, -0.05) is 32.9 Å². The number of hydrogen-bond donors (Lipinski definition) is 3. The summed E-state index contributed by atoms with van der Waals surface area (Å²) < 4.78 is 13.4. The van der Waals surface area contributed by atoms with Gasteiger partial charge in [0.2, 0.25) is 0 Å². The van der Waals surface area contributed by atoms with E-state index in [1.54, 1.807) is 19.1 Å². The van der Waals surface area contributed by atoms with Crippen LogP contribution in [0.2, 0.25) is 0 Å². The van der Waals surface area contributed by atoms with E-state index in [0.717, 1.165) is 0 Å². The molecule has 0 aliphatic heterocycles. The van der Waals surface area contributed by atoms with Crippen LogP contribution in [0.4, 0.5) is 9.18 Å². The Labute approximate surface area is 119 Å². The minimum Gasteiger partial charge on any atom is -0.394 e. The van der Waals surface area contributed by atoms with Crippen LogP contribution in [0.5, 0.6) is 0 Å². The lowest BCUT2D eigenvalue weighted by Crippen LogP contribution is -2.46. The first kappa shape index (κ1) is 16.4. The molecule has 0 aliphatic rings. The van der Waals surface area contributed by atoms with Crippen molar-refractivity contribution in [1.82, 2.24) is 10.6 Å². The van der Waals surface area contributed by atoms with Gasteiger partial charge in [-0.15, -0.1) is 0 Å². The highest BCUT2D eigenvalue weighted by Gasteiger charge is 2.28. The van der Waals surface area contributed by atoms with Crippen LogP contribution in [0.1, 0.15) is 39.3 Å². The number of nitrogens with one attached hydrogen (secondary N) is 2. The molecule has 0 heterocycles. The average Bonchev–Trinajstić information content (AvgIpc) is 2.34. The molecule has 0 aliphatic carbocycles. The predicted octanol–water partition coefficient (Wildman–Crippen LogP) is 2.59. The van der Waals surface area contributed by atoms with Crippen LogP contribution in [0.25, 0.3) is 0 Å². The summed E-state index contributed by atoms with van der Waals surface area (Å²) >= 11 is 0. The zero-order chi connectivity index (χ0) is 15.3. The quantitative estimate of drug-likeness (QED) is 0.795. The van der Waals surface area contributed by atoms with Gasteiger partial charge in [-0.2, -0.15) is 0 Å². The van der Waals surface area contributed by atoms with E-state index in [0.29, 0.717) is 5.56 Å². The molecule has 0 saturated heterocycles. The molecule has 1 aromatic carbocycles. The Bertz CT molecular complexity index is 457. The van der Waals surface area contributed by atoms with E-state index < -0.39 is 0 Å². The van der Waals surface area contributed by atoms with Crippen molar-refractivity contribution in [2.45, 2.75) is 39.8 Å². The number of rotatable bonds is 4. The highest BCUT2D eigenvalue weighted by Crippen LogP contribution is 2.32. The van der Waals surface area contributed by atoms with Crippen LogP contribution in [-0.2, 0) is 0 Å². The fraction of sp³-hybridized carbons (Fsp3) is 0.533. The molecular weight excluding hydrogens is 259 g/mol. The van der Waals surface area contributed by atoms with Gasteiger partial charge in [0.1, 0.15) is 5.82 Å². The summed E-state index contributed by atoms with van der Waals surface area (Å²) in [6.45, 7) is 7.48. The Morgan fingerprint density at radius 3 is 2.50 bits per heavy atom. The Morgan fingerprint density at radius 1 is 1.35 bits per heavy atom. The second-order valence-corrected chi connectivity index (χ2v) is 6.06. The van der Waals surface area contributed by atoms with Crippen LogP contribution in [0.3, 0.4) is 0 Å². The molecule has 2 unspecified atom stereocenters. The molecule has 4 nitrogen and oxygen atoms in total. The Kier molecular flexibility index (Phi) is 5.51. The molecule has 20 heavy (non-hydrogen) atoms. The number of aliphatic hydroxyl groups is 1. The molecule has 0 fully saturated rings. The summed E-state index contributed by atoms with van der Waals surface area (Å²) in [6.07, 6.45) is 0. The summed E-state index contributed by atoms with van der Waals surface area (Å²) in [6, 6.07) is 5.17. The van der Waals surface area contributed by atoms with E-state index in [-0.39, 0.29) is 36.0 Å². The molecule has 2 amide bonds. The molecule has 0 radical (unpaired) electrons. The van der Waals surface area contributed by atoms with Gasteiger partial charge in [-0.3, -0.25) is 0 Å². The van der Waals surface area contributed by atoms with E-state index in [2.05, 4.69) is 10.6 Å². The van der Waals surface area contributed by atoms with E-state index >= 15 is 0 Å². The summed E-state index contributed by atoms with van der Waals surface area (Å²) in [7, 11) is 0. The van der Waals surface area contributed by atoms with Crippen LogP contribution in [0.15, 0.2) is 24.3 Å². The predicted molar refractivity (Wildman–Crippen MR) is 76.8 cm³/mol. The van der Waals surface area contributed by atoms with Gasteiger partial charge < -0.3 is 15.7 Å². The number of hydrogen-bond acceptors (Lipinski definition) is 2. The van der Waals surface area contributed by atoms with Crippen molar-refractivity contribution in [3.05, 3.63) is 35.6 Å². The number of carbonyl (C=O) groups excluding carboxylic acids is 1. The van der Waals surface area contributed by atoms with Gasteiger partial charge in [0, 0.05) is 0 Å². The highest BCUT2D eigenvalue weighted by molar-refractivity contribution is 5.74. The minimum absolute atomic E-state index is 0.131. The van der Waals surface area contributed by atoms with Gasteiger partial charge in [-0.05, 0) is 30.0 Å². The molecule has 5 heteroatoms. The second-order valence-electron chi connectivity index (χ2n) is 6.06. The third-order valence-electron chi connectivity index (χ3n) is 2.97. The summed E-state index contributed by atoms with van der Waals surface area (Å²) in [5.74, 6) is -0.331. The molecule has 3 N–H and O–H groups in total. The second kappa shape index (κ2) is 6.70. The van der Waals surface area contributed by atoms with Gasteiger partial charge in [0.25, 0.3) is 0 Å². The Morgan fingerprint density at radius 2 is 2.00 bits per heavy atom. The van der Waals surface area contributed by atoms with Gasteiger partial charge in [-0.25, -0.2) is 9.18 Å². The van der Waals surface area contributed by atoms with Crippen molar-refractivity contribution < 1.29 is 14.3 Å². The van der Waals surface area contributed by atoms with Crippen molar-refractivity contribution in [1.29, 1.82) is 0 Å². The average molecular weight is 282 g/mol. The third kappa shape index (κ3) is 4.81. The van der Waals surface area contributed by atoms with E-state index in [1.165, 1.54) is 12.1 Å². The normalized spacial score (nSPS) is 14.5. The standard InChI is InChI=1S/C15H23FN2O2/c1-10(9-19)17-14(20)18-13(15(2,3)4)11-6-5-7-12(16)8-11/h5-8,10,13,19H,9H2,1-4H3,(H2,17,18,20). The van der Waals surface area contributed by atoms with Crippen LogP contribution >= 0.6 is 0 Å². The third-order valence-corrected chi connectivity index (χ3v) is 2.97. The number of benzene rings is 1. The SMILES string of the molecule is CC(CO)NC(=O)NC(c1cccc(F)c1)C(C)(C)C. The topological polar surface area (TPSA) is 61.4 Å². The highest BCUT2D eigenvalue weighted by atomic mass is 19.1. The number of amides is 2. The molecule has 0 aromatic heterocycles. The van der Waals surface area contributed by atoms with Gasteiger partial charge >= 0.3 is 6.03 Å². The van der Waals surface area contributed by atoms with Crippen molar-refractivity contribution in [2.24, 2.45) is 5.41 Å². The lowest BCUT2D eigenvalue weighted by Gasteiger charge is -2.32. The number of aliphatic hydroxyl groups excluding tert-OH is 1. The Hall–Kier alpha value is -1.62. The van der Waals surface area contributed by atoms with Gasteiger partial charge in [0.15, 0.2) is 0 Å². The van der Waals surface area contributed by atoms with E-state index in [1.807, 2.05) is 20.8 Å². The van der Waals surface area contributed by atoms with Crippen LogP contribution in [0, 0.1) is 11.2 Å². The number of halogens is 1. The fourth-order valence-corrected chi connectivity index (χ4v) is 1.93. The molecule has 1 rings (SSSR count). The molecule has 2 atom stereocenters. The number of urea groups is 1. The Balaban J connectivity index is 2.89. The maximum Gasteiger partial charge on any atom is 0.315 e. The smallest absolute Gasteiger partial charge is 0.315 e.